The first-order valence-electron chi connectivity index (χ1n) is 5.02. The van der Waals surface area contributed by atoms with Gasteiger partial charge in [0.15, 0.2) is 0 Å². The summed E-state index contributed by atoms with van der Waals surface area (Å²) in [6, 6.07) is 4.31. The van der Waals surface area contributed by atoms with Gasteiger partial charge in [-0.15, -0.1) is 0 Å². The number of nitrogens with two attached hydrogens (primary N) is 1. The lowest BCUT2D eigenvalue weighted by Gasteiger charge is -2.33. The predicted octanol–water partition coefficient (Wildman–Crippen LogP) is 1.05. The van der Waals surface area contributed by atoms with Crippen LogP contribution in [0.1, 0.15) is 11.6 Å². The molecule has 0 aromatic heterocycles. The Labute approximate surface area is 88.4 Å². The Morgan fingerprint density at radius 3 is 2.80 bits per heavy atom. The van der Waals surface area contributed by atoms with E-state index in [0.29, 0.717) is 11.7 Å². The maximum atomic E-state index is 13.1. The zero-order valence-corrected chi connectivity index (χ0v) is 8.66. The van der Waals surface area contributed by atoms with E-state index in [1.165, 1.54) is 12.1 Å². The van der Waals surface area contributed by atoms with Crippen molar-refractivity contribution in [2.45, 2.75) is 6.04 Å². The third-order valence-electron chi connectivity index (χ3n) is 2.87. The highest BCUT2D eigenvalue weighted by Gasteiger charge is 2.27. The van der Waals surface area contributed by atoms with Gasteiger partial charge in [-0.25, -0.2) is 4.39 Å². The summed E-state index contributed by atoms with van der Waals surface area (Å²) in [6.07, 6.45) is 0. The van der Waals surface area contributed by atoms with Gasteiger partial charge >= 0.3 is 0 Å². The molecule has 1 atom stereocenters. The second-order valence-corrected chi connectivity index (χ2v) is 3.83. The summed E-state index contributed by atoms with van der Waals surface area (Å²) in [6.45, 7) is 1.78. The predicted molar refractivity (Wildman–Crippen MR) is 56.2 cm³/mol. The van der Waals surface area contributed by atoms with Crippen LogP contribution in [0.15, 0.2) is 18.2 Å². The van der Waals surface area contributed by atoms with E-state index < -0.39 is 0 Å². The van der Waals surface area contributed by atoms with Gasteiger partial charge < -0.3 is 15.8 Å². The van der Waals surface area contributed by atoms with Crippen LogP contribution >= 0.6 is 0 Å². The SMILES string of the molecule is COc1ccc(F)cc1C(N)C1CNC1. The molecule has 1 aromatic rings. The largest absolute Gasteiger partial charge is 0.496 e. The summed E-state index contributed by atoms with van der Waals surface area (Å²) in [5, 5.41) is 3.15. The first kappa shape index (κ1) is 10.4. The number of halogens is 1. The van der Waals surface area contributed by atoms with Gasteiger partial charge in [0.1, 0.15) is 11.6 Å². The zero-order valence-electron chi connectivity index (χ0n) is 8.66. The van der Waals surface area contributed by atoms with Crippen molar-refractivity contribution in [3.8, 4) is 5.75 Å². The Kier molecular flexibility index (Phi) is 2.88. The molecule has 82 valence electrons. The van der Waals surface area contributed by atoms with E-state index in [0.717, 1.165) is 18.7 Å². The summed E-state index contributed by atoms with van der Waals surface area (Å²) >= 11 is 0. The molecule has 1 aliphatic heterocycles. The van der Waals surface area contributed by atoms with Gasteiger partial charge in [0.05, 0.1) is 7.11 Å². The fourth-order valence-electron chi connectivity index (χ4n) is 1.78. The molecular formula is C11H15FN2O. The molecule has 0 aliphatic carbocycles. The Morgan fingerprint density at radius 2 is 2.27 bits per heavy atom. The van der Waals surface area contributed by atoms with E-state index in [9.17, 15) is 4.39 Å². The molecule has 0 spiro atoms. The van der Waals surface area contributed by atoms with E-state index in [2.05, 4.69) is 5.32 Å². The summed E-state index contributed by atoms with van der Waals surface area (Å²) in [4.78, 5) is 0. The summed E-state index contributed by atoms with van der Waals surface area (Å²) in [5.74, 6) is 0.769. The number of benzene rings is 1. The first-order chi connectivity index (χ1) is 7.22. The lowest BCUT2D eigenvalue weighted by atomic mass is 9.89. The van der Waals surface area contributed by atoms with Crippen molar-refractivity contribution in [3.05, 3.63) is 29.6 Å². The van der Waals surface area contributed by atoms with Crippen molar-refractivity contribution in [3.63, 3.8) is 0 Å². The molecule has 2 rings (SSSR count). The maximum Gasteiger partial charge on any atom is 0.123 e. The Balaban J connectivity index is 2.27. The van der Waals surface area contributed by atoms with E-state index in [1.807, 2.05) is 0 Å². The number of ether oxygens (including phenoxy) is 1. The van der Waals surface area contributed by atoms with Crippen molar-refractivity contribution in [1.29, 1.82) is 0 Å². The highest BCUT2D eigenvalue weighted by molar-refractivity contribution is 5.37. The van der Waals surface area contributed by atoms with E-state index in [1.54, 1.807) is 13.2 Å². The maximum absolute atomic E-state index is 13.1. The van der Waals surface area contributed by atoms with Crippen molar-refractivity contribution < 1.29 is 9.13 Å². The molecule has 4 heteroatoms. The van der Waals surface area contributed by atoms with Crippen LogP contribution in [0.25, 0.3) is 0 Å². The van der Waals surface area contributed by atoms with Crippen molar-refractivity contribution in [2.75, 3.05) is 20.2 Å². The van der Waals surface area contributed by atoms with Crippen molar-refractivity contribution in [2.24, 2.45) is 11.7 Å². The van der Waals surface area contributed by atoms with Crippen molar-refractivity contribution in [1.82, 2.24) is 5.32 Å². The van der Waals surface area contributed by atoms with Gasteiger partial charge in [-0.1, -0.05) is 0 Å². The minimum absolute atomic E-state index is 0.156. The summed E-state index contributed by atoms with van der Waals surface area (Å²) in [5.41, 5.74) is 6.81. The number of nitrogens with one attached hydrogen (secondary N) is 1. The van der Waals surface area contributed by atoms with Crippen LogP contribution in [0.5, 0.6) is 5.75 Å². The normalized spacial score (nSPS) is 18.3. The van der Waals surface area contributed by atoms with Crippen LogP contribution in [0.4, 0.5) is 4.39 Å². The van der Waals surface area contributed by atoms with Gasteiger partial charge in [-0.05, 0) is 18.2 Å². The van der Waals surface area contributed by atoms with Crippen LogP contribution in [0.3, 0.4) is 0 Å². The second kappa shape index (κ2) is 4.16. The molecule has 3 nitrogen and oxygen atoms in total. The number of hydrogen-bond acceptors (Lipinski definition) is 3. The minimum Gasteiger partial charge on any atom is -0.496 e. The number of rotatable bonds is 3. The van der Waals surface area contributed by atoms with Crippen molar-refractivity contribution >= 4 is 0 Å². The lowest BCUT2D eigenvalue weighted by Crippen LogP contribution is -2.47. The van der Waals surface area contributed by atoms with Crippen LogP contribution in [-0.4, -0.2) is 20.2 Å². The molecular weight excluding hydrogens is 195 g/mol. The number of hydrogen-bond donors (Lipinski definition) is 2. The van der Waals surface area contributed by atoms with Gasteiger partial charge in [0, 0.05) is 30.6 Å². The Hall–Kier alpha value is -1.13. The average Bonchev–Trinajstić information content (AvgIpc) is 2.15. The third kappa shape index (κ3) is 1.96. The molecule has 3 N–H and O–H groups in total. The Morgan fingerprint density at radius 1 is 1.53 bits per heavy atom. The standard InChI is InChI=1S/C11H15FN2O/c1-15-10-3-2-8(12)4-9(10)11(13)7-5-14-6-7/h2-4,7,11,14H,5-6,13H2,1H3. The minimum atomic E-state index is -0.270. The Bertz CT molecular complexity index is 352. The van der Waals surface area contributed by atoms with E-state index >= 15 is 0 Å². The van der Waals surface area contributed by atoms with Crippen LogP contribution in [0.2, 0.25) is 0 Å². The van der Waals surface area contributed by atoms with Crippen LogP contribution in [0, 0.1) is 11.7 Å². The monoisotopic (exact) mass is 210 g/mol. The topological polar surface area (TPSA) is 47.3 Å². The molecule has 0 saturated carbocycles. The quantitative estimate of drug-likeness (QED) is 0.784. The molecule has 0 bridgehead atoms. The molecule has 1 unspecified atom stereocenters. The first-order valence-corrected chi connectivity index (χ1v) is 5.02. The van der Waals surface area contributed by atoms with E-state index in [4.69, 9.17) is 10.5 Å². The highest BCUT2D eigenvalue weighted by atomic mass is 19.1. The second-order valence-electron chi connectivity index (χ2n) is 3.83. The zero-order chi connectivity index (χ0) is 10.8. The van der Waals surface area contributed by atoms with Crippen LogP contribution in [-0.2, 0) is 0 Å². The molecule has 1 aromatic carbocycles. The van der Waals surface area contributed by atoms with Gasteiger partial charge in [0.25, 0.3) is 0 Å². The van der Waals surface area contributed by atoms with Gasteiger partial charge in [-0.3, -0.25) is 0 Å². The lowest BCUT2D eigenvalue weighted by molar-refractivity contribution is 0.288. The van der Waals surface area contributed by atoms with Crippen LogP contribution < -0.4 is 15.8 Å². The highest BCUT2D eigenvalue weighted by Crippen LogP contribution is 2.30. The fraction of sp³-hybridized carbons (Fsp3) is 0.455. The summed E-state index contributed by atoms with van der Waals surface area (Å²) < 4.78 is 18.3. The fourth-order valence-corrected chi connectivity index (χ4v) is 1.78. The molecule has 1 aliphatic rings. The molecule has 1 heterocycles. The summed E-state index contributed by atoms with van der Waals surface area (Å²) in [7, 11) is 1.57. The van der Waals surface area contributed by atoms with Gasteiger partial charge in [-0.2, -0.15) is 0 Å². The van der Waals surface area contributed by atoms with E-state index in [-0.39, 0.29) is 11.9 Å². The number of methoxy groups -OCH3 is 1. The molecule has 1 saturated heterocycles. The molecule has 15 heavy (non-hydrogen) atoms. The molecule has 1 fully saturated rings. The van der Waals surface area contributed by atoms with Gasteiger partial charge in [0.2, 0.25) is 0 Å². The average molecular weight is 210 g/mol. The molecule has 0 radical (unpaired) electrons. The third-order valence-corrected chi connectivity index (χ3v) is 2.87. The smallest absolute Gasteiger partial charge is 0.123 e. The molecule has 0 amide bonds.